The number of hydrogen-bond acceptors (Lipinski definition) is 6. The number of nitrogens with zero attached hydrogens (tertiary/aromatic N) is 2. The minimum absolute atomic E-state index is 0.110. The number of carbonyl (C=O) groups excluding carboxylic acids is 2. The molecule has 0 aliphatic rings. The molecular formula is C18H19N5O4. The molecule has 27 heavy (non-hydrogen) atoms. The van der Waals surface area contributed by atoms with Gasteiger partial charge in [0.15, 0.2) is 5.76 Å². The molecule has 0 aliphatic carbocycles. The maximum Gasteiger partial charge on any atom is 0.287 e. The molecule has 3 N–H and O–H groups in total. The molecule has 0 bridgehead atoms. The first-order valence-electron chi connectivity index (χ1n) is 8.41. The Morgan fingerprint density at radius 3 is 2.70 bits per heavy atom. The lowest BCUT2D eigenvalue weighted by Gasteiger charge is -2.16. The summed E-state index contributed by atoms with van der Waals surface area (Å²) in [5, 5.41) is 3.01. The molecule has 2 amide bonds. The number of amides is 2. The summed E-state index contributed by atoms with van der Waals surface area (Å²) in [6, 6.07) is 9.20. The van der Waals surface area contributed by atoms with E-state index in [4.69, 9.17) is 4.42 Å². The van der Waals surface area contributed by atoms with Gasteiger partial charge in [0, 0.05) is 6.54 Å². The molecule has 0 spiro atoms. The molecule has 1 aromatic carbocycles. The van der Waals surface area contributed by atoms with Crippen molar-refractivity contribution in [1.29, 1.82) is 0 Å². The zero-order valence-electron chi connectivity index (χ0n) is 14.9. The highest BCUT2D eigenvalue weighted by Gasteiger charge is 2.18. The third-order valence-corrected chi connectivity index (χ3v) is 3.96. The monoisotopic (exact) mass is 369 g/mol. The average Bonchev–Trinajstić information content (AvgIpc) is 3.21. The third kappa shape index (κ3) is 3.81. The van der Waals surface area contributed by atoms with Crippen LogP contribution >= 0.6 is 0 Å². The summed E-state index contributed by atoms with van der Waals surface area (Å²) in [5.41, 5.74) is 5.43. The summed E-state index contributed by atoms with van der Waals surface area (Å²) in [6.07, 6.45) is 1.37. The molecule has 3 aromatic rings. The van der Waals surface area contributed by atoms with E-state index in [1.807, 2.05) is 0 Å². The first-order valence-corrected chi connectivity index (χ1v) is 8.41. The number of anilines is 1. The van der Waals surface area contributed by atoms with Crippen LogP contribution in [0.1, 0.15) is 24.4 Å². The Bertz CT molecular complexity index is 1030. The van der Waals surface area contributed by atoms with Gasteiger partial charge in [-0.25, -0.2) is 4.98 Å². The van der Waals surface area contributed by atoms with Crippen molar-refractivity contribution in [3.8, 4) is 0 Å². The van der Waals surface area contributed by atoms with Gasteiger partial charge in [0.25, 0.3) is 17.4 Å². The second-order valence-corrected chi connectivity index (χ2v) is 5.79. The van der Waals surface area contributed by atoms with Gasteiger partial charge in [-0.15, -0.1) is 0 Å². The van der Waals surface area contributed by atoms with Gasteiger partial charge in [-0.3, -0.25) is 29.8 Å². The van der Waals surface area contributed by atoms with Crippen LogP contribution in [0.15, 0.2) is 51.9 Å². The maximum atomic E-state index is 12.5. The molecular weight excluding hydrogens is 350 g/mol. The number of hydrogen-bond donors (Lipinski definition) is 3. The topological polar surface area (TPSA) is 118 Å². The lowest BCUT2D eigenvalue weighted by Crippen LogP contribution is -2.47. The number of furan rings is 1. The van der Waals surface area contributed by atoms with E-state index in [1.165, 1.54) is 23.8 Å². The van der Waals surface area contributed by atoms with E-state index >= 15 is 0 Å². The van der Waals surface area contributed by atoms with Crippen LogP contribution in [0.5, 0.6) is 0 Å². The Balaban J connectivity index is 1.71. The molecule has 0 saturated heterocycles. The fourth-order valence-corrected chi connectivity index (χ4v) is 2.52. The average molecular weight is 369 g/mol. The summed E-state index contributed by atoms with van der Waals surface area (Å²) in [5.74, 6) is -0.686. The molecule has 0 unspecified atom stereocenters. The van der Waals surface area contributed by atoms with Crippen molar-refractivity contribution in [3.05, 3.63) is 58.8 Å². The van der Waals surface area contributed by atoms with Crippen LogP contribution in [0, 0.1) is 0 Å². The molecule has 3 rings (SSSR count). The minimum atomic E-state index is -0.836. The van der Waals surface area contributed by atoms with Crippen molar-refractivity contribution in [2.75, 3.05) is 5.43 Å². The van der Waals surface area contributed by atoms with Crippen molar-refractivity contribution >= 4 is 28.7 Å². The van der Waals surface area contributed by atoms with Crippen LogP contribution in [0.3, 0.4) is 0 Å². The van der Waals surface area contributed by atoms with Crippen LogP contribution in [0.2, 0.25) is 0 Å². The molecule has 0 aliphatic heterocycles. The molecule has 0 radical (unpaired) electrons. The van der Waals surface area contributed by atoms with E-state index in [0.29, 0.717) is 17.4 Å². The summed E-state index contributed by atoms with van der Waals surface area (Å²) < 4.78 is 6.39. The highest BCUT2D eigenvalue weighted by atomic mass is 16.3. The van der Waals surface area contributed by atoms with Crippen LogP contribution in [0.4, 0.5) is 5.95 Å². The van der Waals surface area contributed by atoms with Crippen molar-refractivity contribution in [3.63, 3.8) is 0 Å². The summed E-state index contributed by atoms with van der Waals surface area (Å²) >= 11 is 0. The quantitative estimate of drug-likeness (QED) is 0.563. The lowest BCUT2D eigenvalue weighted by molar-refractivity contribution is -0.122. The number of hydrazine groups is 1. The molecule has 0 fully saturated rings. The van der Waals surface area contributed by atoms with E-state index in [9.17, 15) is 14.4 Å². The van der Waals surface area contributed by atoms with Gasteiger partial charge in [-0.2, -0.15) is 0 Å². The minimum Gasteiger partial charge on any atom is -0.459 e. The van der Waals surface area contributed by atoms with E-state index in [0.717, 1.165) is 0 Å². The number of benzene rings is 1. The zero-order chi connectivity index (χ0) is 19.4. The highest BCUT2D eigenvalue weighted by molar-refractivity contribution is 5.95. The normalized spacial score (nSPS) is 11.8. The second kappa shape index (κ2) is 7.73. The van der Waals surface area contributed by atoms with Crippen LogP contribution in [0.25, 0.3) is 10.9 Å². The SMILES string of the molecule is CCn1c(NNC(=O)[C@H](C)NC(=O)c2ccco2)nc2ccccc2c1=O. The van der Waals surface area contributed by atoms with E-state index in [2.05, 4.69) is 21.2 Å². The molecule has 140 valence electrons. The Kier molecular flexibility index (Phi) is 5.20. The molecule has 9 nitrogen and oxygen atoms in total. The van der Waals surface area contributed by atoms with Gasteiger partial charge in [0.05, 0.1) is 17.2 Å². The number of fused-ring (bicyclic) bond motifs is 1. The first-order chi connectivity index (χ1) is 13.0. The summed E-state index contributed by atoms with van der Waals surface area (Å²) in [6.45, 7) is 3.70. The van der Waals surface area contributed by atoms with E-state index < -0.39 is 17.9 Å². The van der Waals surface area contributed by atoms with Crippen molar-refractivity contribution in [2.24, 2.45) is 0 Å². The molecule has 1 atom stereocenters. The number of aromatic nitrogens is 2. The van der Waals surface area contributed by atoms with Crippen molar-refractivity contribution in [1.82, 2.24) is 20.3 Å². The molecule has 2 heterocycles. The Labute approximate surface area is 154 Å². The van der Waals surface area contributed by atoms with Crippen molar-refractivity contribution < 1.29 is 14.0 Å². The second-order valence-electron chi connectivity index (χ2n) is 5.79. The smallest absolute Gasteiger partial charge is 0.287 e. The van der Waals surface area contributed by atoms with Crippen LogP contribution in [-0.2, 0) is 11.3 Å². The van der Waals surface area contributed by atoms with E-state index in [1.54, 1.807) is 37.3 Å². The van der Waals surface area contributed by atoms with Crippen LogP contribution in [-0.4, -0.2) is 27.4 Å². The molecule has 0 saturated carbocycles. The van der Waals surface area contributed by atoms with Gasteiger partial charge < -0.3 is 9.73 Å². The van der Waals surface area contributed by atoms with Crippen LogP contribution < -0.4 is 21.7 Å². The Morgan fingerprint density at radius 1 is 1.22 bits per heavy atom. The van der Waals surface area contributed by atoms with E-state index in [-0.39, 0.29) is 17.3 Å². The number of para-hydroxylation sites is 1. The van der Waals surface area contributed by atoms with Gasteiger partial charge in [-0.05, 0) is 38.1 Å². The van der Waals surface area contributed by atoms with Gasteiger partial charge in [-0.1, -0.05) is 12.1 Å². The maximum absolute atomic E-state index is 12.5. The van der Waals surface area contributed by atoms with Gasteiger partial charge in [0.1, 0.15) is 6.04 Å². The largest absolute Gasteiger partial charge is 0.459 e. The number of rotatable bonds is 6. The highest BCUT2D eigenvalue weighted by Crippen LogP contribution is 2.10. The first kappa shape index (κ1) is 18.2. The fraction of sp³-hybridized carbons (Fsp3) is 0.222. The van der Waals surface area contributed by atoms with Gasteiger partial charge in [0.2, 0.25) is 5.95 Å². The van der Waals surface area contributed by atoms with Gasteiger partial charge >= 0.3 is 0 Å². The molecule has 9 heteroatoms. The fourth-order valence-electron chi connectivity index (χ4n) is 2.52. The zero-order valence-corrected chi connectivity index (χ0v) is 14.9. The number of nitrogens with one attached hydrogen (secondary N) is 3. The predicted octanol–water partition coefficient (Wildman–Crippen LogP) is 1.27. The summed E-state index contributed by atoms with van der Waals surface area (Å²) in [4.78, 5) is 41.1. The number of carbonyl (C=O) groups is 2. The molecule has 2 aromatic heterocycles. The Hall–Kier alpha value is -3.62. The standard InChI is InChI=1S/C18H19N5O4/c1-3-23-17(26)12-7-4-5-8-13(12)20-18(23)22-21-15(24)11(2)19-16(25)14-9-6-10-27-14/h4-11H,3H2,1-2H3,(H,19,25)(H,20,22)(H,21,24)/t11-/m0/s1. The Morgan fingerprint density at radius 2 is 2.00 bits per heavy atom. The third-order valence-electron chi connectivity index (χ3n) is 3.96. The lowest BCUT2D eigenvalue weighted by atomic mass is 10.2. The summed E-state index contributed by atoms with van der Waals surface area (Å²) in [7, 11) is 0. The van der Waals surface area contributed by atoms with Crippen molar-refractivity contribution in [2.45, 2.75) is 26.4 Å². The predicted molar refractivity (Wildman–Crippen MR) is 99.1 cm³/mol.